The first-order valence-electron chi connectivity index (χ1n) is 8.56. The van der Waals surface area contributed by atoms with E-state index in [9.17, 15) is 4.79 Å². The lowest BCUT2D eigenvalue weighted by Gasteiger charge is -2.30. The second-order valence-corrected chi connectivity index (χ2v) is 5.88. The number of esters is 1. The number of hydrogen-bond acceptors (Lipinski definition) is 5. The van der Waals surface area contributed by atoms with Gasteiger partial charge in [0, 0.05) is 25.7 Å². The van der Waals surface area contributed by atoms with Crippen LogP contribution in [0.3, 0.4) is 0 Å². The van der Waals surface area contributed by atoms with Gasteiger partial charge in [0.05, 0.1) is 32.6 Å². The summed E-state index contributed by atoms with van der Waals surface area (Å²) >= 11 is 0. The topological polar surface area (TPSA) is 63.8 Å². The van der Waals surface area contributed by atoms with E-state index >= 15 is 0 Å². The Hall–Kier alpha value is -2.47. The minimum Gasteiger partial charge on any atom is -0.497 e. The van der Waals surface area contributed by atoms with Crippen LogP contribution in [0.1, 0.15) is 28.5 Å². The number of hydrogen-bond donors (Lipinski definition) is 1. The van der Waals surface area contributed by atoms with Gasteiger partial charge in [-0.1, -0.05) is 12.1 Å². The van der Waals surface area contributed by atoms with Gasteiger partial charge in [-0.3, -0.25) is 0 Å². The zero-order chi connectivity index (χ0) is 17.6. The molecule has 6 heteroatoms. The highest BCUT2D eigenvalue weighted by Crippen LogP contribution is 2.29. The Bertz CT molecular complexity index is 703. The van der Waals surface area contributed by atoms with Crippen molar-refractivity contribution in [1.82, 2.24) is 4.98 Å². The number of ether oxygens (including phenoxy) is 3. The summed E-state index contributed by atoms with van der Waals surface area (Å²) in [4.78, 5) is 17.6. The van der Waals surface area contributed by atoms with Gasteiger partial charge in [0.2, 0.25) is 0 Å². The fourth-order valence-corrected chi connectivity index (χ4v) is 3.06. The zero-order valence-electron chi connectivity index (χ0n) is 14.7. The number of H-pyrrole nitrogens is 1. The highest BCUT2D eigenvalue weighted by atomic mass is 16.5. The van der Waals surface area contributed by atoms with Crippen LogP contribution in [-0.4, -0.2) is 51.0 Å². The first-order chi connectivity index (χ1) is 12.2. The molecule has 0 atom stereocenters. The van der Waals surface area contributed by atoms with Crippen LogP contribution in [0, 0.1) is 0 Å². The van der Waals surface area contributed by atoms with Crippen molar-refractivity contribution in [2.45, 2.75) is 13.3 Å². The number of nitrogens with zero attached hydrogens (tertiary/aromatic N) is 1. The van der Waals surface area contributed by atoms with Gasteiger partial charge in [-0.25, -0.2) is 4.79 Å². The summed E-state index contributed by atoms with van der Waals surface area (Å²) in [5, 5.41) is 0. The number of aromatic amines is 1. The van der Waals surface area contributed by atoms with Gasteiger partial charge < -0.3 is 24.1 Å². The maximum absolute atomic E-state index is 12.3. The third-order valence-electron chi connectivity index (χ3n) is 4.29. The van der Waals surface area contributed by atoms with Crippen molar-refractivity contribution in [2.24, 2.45) is 0 Å². The largest absolute Gasteiger partial charge is 0.497 e. The van der Waals surface area contributed by atoms with E-state index < -0.39 is 0 Å². The summed E-state index contributed by atoms with van der Waals surface area (Å²) in [7, 11) is 1.66. The zero-order valence-corrected chi connectivity index (χ0v) is 14.7. The van der Waals surface area contributed by atoms with Crippen LogP contribution in [0.2, 0.25) is 0 Å². The molecule has 134 valence electrons. The van der Waals surface area contributed by atoms with E-state index in [4.69, 9.17) is 14.2 Å². The molecule has 0 saturated carbocycles. The molecule has 1 aromatic heterocycles. The number of morpholine rings is 1. The van der Waals surface area contributed by atoms with Crippen LogP contribution in [0.15, 0.2) is 30.5 Å². The van der Waals surface area contributed by atoms with Crippen molar-refractivity contribution in [3.05, 3.63) is 47.3 Å². The minimum absolute atomic E-state index is 0.315. The fraction of sp³-hybridized carbons (Fsp3) is 0.421. The summed E-state index contributed by atoms with van der Waals surface area (Å²) in [6.45, 7) is 5.02. The number of carbonyl (C=O) groups excluding carboxylic acids is 1. The summed E-state index contributed by atoms with van der Waals surface area (Å²) in [6, 6.07) is 7.98. The third kappa shape index (κ3) is 3.96. The van der Waals surface area contributed by atoms with Gasteiger partial charge in [0.25, 0.3) is 0 Å². The van der Waals surface area contributed by atoms with Crippen molar-refractivity contribution in [1.29, 1.82) is 0 Å². The SMILES string of the molecule is CCOC(=O)c1[nH]cc(Cc2ccc(OC)cc2)c1N1CCOCC1. The Morgan fingerprint density at radius 3 is 2.60 bits per heavy atom. The fourth-order valence-electron chi connectivity index (χ4n) is 3.06. The maximum Gasteiger partial charge on any atom is 0.356 e. The average molecular weight is 344 g/mol. The molecule has 0 bridgehead atoms. The number of nitrogens with one attached hydrogen (secondary N) is 1. The minimum atomic E-state index is -0.315. The molecular weight excluding hydrogens is 320 g/mol. The molecule has 0 aliphatic carbocycles. The van der Waals surface area contributed by atoms with E-state index in [0.717, 1.165) is 42.1 Å². The second-order valence-electron chi connectivity index (χ2n) is 5.88. The molecule has 1 aliphatic heterocycles. The molecule has 1 N–H and O–H groups in total. The Kier molecular flexibility index (Phi) is 5.60. The van der Waals surface area contributed by atoms with Gasteiger partial charge in [-0.2, -0.15) is 0 Å². The van der Waals surface area contributed by atoms with E-state index in [2.05, 4.69) is 9.88 Å². The van der Waals surface area contributed by atoms with Gasteiger partial charge in [-0.15, -0.1) is 0 Å². The first-order valence-corrected chi connectivity index (χ1v) is 8.56. The molecule has 1 aliphatic rings. The lowest BCUT2D eigenvalue weighted by atomic mass is 10.0. The van der Waals surface area contributed by atoms with Crippen LogP contribution in [0.4, 0.5) is 5.69 Å². The Morgan fingerprint density at radius 2 is 1.96 bits per heavy atom. The molecule has 25 heavy (non-hydrogen) atoms. The Morgan fingerprint density at radius 1 is 1.24 bits per heavy atom. The summed E-state index contributed by atoms with van der Waals surface area (Å²) in [5.41, 5.74) is 3.68. The average Bonchev–Trinajstić information content (AvgIpc) is 3.07. The standard InChI is InChI=1S/C19H24N2O4/c1-3-25-19(22)17-18(21-8-10-24-11-9-21)15(13-20-17)12-14-4-6-16(23-2)7-5-14/h4-7,13,20H,3,8-12H2,1-2H3. The van der Waals surface area contributed by atoms with E-state index in [-0.39, 0.29) is 5.97 Å². The number of aromatic nitrogens is 1. The highest BCUT2D eigenvalue weighted by Gasteiger charge is 2.24. The molecule has 1 saturated heterocycles. The molecule has 0 radical (unpaired) electrons. The Labute approximate surface area is 147 Å². The molecule has 2 heterocycles. The normalized spacial score (nSPS) is 14.4. The molecule has 2 aromatic rings. The second kappa shape index (κ2) is 8.07. The third-order valence-corrected chi connectivity index (χ3v) is 4.29. The lowest BCUT2D eigenvalue weighted by molar-refractivity contribution is 0.0520. The molecule has 0 amide bonds. The monoisotopic (exact) mass is 344 g/mol. The smallest absolute Gasteiger partial charge is 0.356 e. The van der Waals surface area contributed by atoms with Gasteiger partial charge >= 0.3 is 5.97 Å². The summed E-state index contributed by atoms with van der Waals surface area (Å²) in [5.74, 6) is 0.517. The van der Waals surface area contributed by atoms with Crippen LogP contribution in [0.25, 0.3) is 0 Å². The van der Waals surface area contributed by atoms with Crippen LogP contribution in [-0.2, 0) is 15.9 Å². The Balaban J connectivity index is 1.90. The number of anilines is 1. The van der Waals surface area contributed by atoms with Crippen molar-refractivity contribution < 1.29 is 19.0 Å². The first kappa shape index (κ1) is 17.4. The summed E-state index contributed by atoms with van der Waals surface area (Å²) < 4.78 is 15.9. The van der Waals surface area contributed by atoms with Crippen molar-refractivity contribution >= 4 is 11.7 Å². The predicted molar refractivity (Wildman–Crippen MR) is 95.6 cm³/mol. The molecular formula is C19H24N2O4. The van der Waals surface area contributed by atoms with E-state index in [0.29, 0.717) is 25.5 Å². The van der Waals surface area contributed by atoms with Crippen molar-refractivity contribution in [3.63, 3.8) is 0 Å². The molecule has 1 aromatic carbocycles. The van der Waals surface area contributed by atoms with Crippen molar-refractivity contribution in [2.75, 3.05) is 44.9 Å². The highest BCUT2D eigenvalue weighted by molar-refractivity contribution is 5.95. The number of methoxy groups -OCH3 is 1. The molecule has 0 spiro atoms. The van der Waals surface area contributed by atoms with E-state index in [1.807, 2.05) is 37.4 Å². The maximum atomic E-state index is 12.3. The van der Waals surface area contributed by atoms with E-state index in [1.54, 1.807) is 7.11 Å². The van der Waals surface area contributed by atoms with Crippen LogP contribution < -0.4 is 9.64 Å². The summed E-state index contributed by atoms with van der Waals surface area (Å²) in [6.07, 6.45) is 2.63. The number of carbonyl (C=O) groups is 1. The lowest BCUT2D eigenvalue weighted by Crippen LogP contribution is -2.37. The van der Waals surface area contributed by atoms with Gasteiger partial charge in [-0.05, 0) is 30.2 Å². The number of rotatable bonds is 6. The van der Waals surface area contributed by atoms with Crippen molar-refractivity contribution in [3.8, 4) is 5.75 Å². The molecule has 6 nitrogen and oxygen atoms in total. The predicted octanol–water partition coefficient (Wildman–Crippen LogP) is 2.63. The molecule has 0 unspecified atom stereocenters. The van der Waals surface area contributed by atoms with E-state index in [1.165, 1.54) is 0 Å². The van der Waals surface area contributed by atoms with Crippen LogP contribution >= 0.6 is 0 Å². The molecule has 1 fully saturated rings. The molecule has 3 rings (SSSR count). The quantitative estimate of drug-likeness (QED) is 0.816. The van der Waals surface area contributed by atoms with Gasteiger partial charge in [0.15, 0.2) is 0 Å². The van der Waals surface area contributed by atoms with Crippen LogP contribution in [0.5, 0.6) is 5.75 Å². The number of benzene rings is 1. The van der Waals surface area contributed by atoms with Gasteiger partial charge in [0.1, 0.15) is 11.4 Å².